The van der Waals surface area contributed by atoms with Crippen molar-refractivity contribution in [2.24, 2.45) is 0 Å². The van der Waals surface area contributed by atoms with Gasteiger partial charge in [0, 0.05) is 12.7 Å². The van der Waals surface area contributed by atoms with Crippen LogP contribution in [0.4, 0.5) is 11.5 Å². The van der Waals surface area contributed by atoms with Gasteiger partial charge in [-0.05, 0) is 36.2 Å². The topological polar surface area (TPSA) is 60.2 Å². The van der Waals surface area contributed by atoms with Crippen molar-refractivity contribution in [3.05, 3.63) is 47.7 Å². The third kappa shape index (κ3) is 2.71. The molecule has 3 N–H and O–H groups in total. The second-order valence-electron chi connectivity index (χ2n) is 4.10. The molecule has 0 fully saturated rings. The van der Waals surface area contributed by atoms with E-state index in [4.69, 9.17) is 10.5 Å². The molecule has 0 bridgehead atoms. The third-order valence-corrected chi connectivity index (χ3v) is 2.80. The Kier molecular flexibility index (Phi) is 3.67. The number of nitrogen functional groups attached to an aromatic ring is 1. The highest BCUT2D eigenvalue weighted by molar-refractivity contribution is 5.64. The molecule has 4 heteroatoms. The molecular weight excluding hydrogens is 226 g/mol. The van der Waals surface area contributed by atoms with Crippen molar-refractivity contribution in [2.75, 3.05) is 18.2 Å². The molecule has 94 valence electrons. The SMILES string of the molecule is COc1cccc(CNc2nccc(C)c2N)c1. The summed E-state index contributed by atoms with van der Waals surface area (Å²) in [4.78, 5) is 4.23. The number of pyridine rings is 1. The van der Waals surface area contributed by atoms with Gasteiger partial charge in [-0.2, -0.15) is 0 Å². The van der Waals surface area contributed by atoms with Crippen LogP contribution in [-0.4, -0.2) is 12.1 Å². The molecule has 18 heavy (non-hydrogen) atoms. The van der Waals surface area contributed by atoms with E-state index >= 15 is 0 Å². The Hall–Kier alpha value is -2.23. The molecule has 0 aliphatic carbocycles. The molecule has 1 heterocycles. The van der Waals surface area contributed by atoms with Gasteiger partial charge in [0.2, 0.25) is 0 Å². The van der Waals surface area contributed by atoms with Gasteiger partial charge in [-0.1, -0.05) is 12.1 Å². The lowest BCUT2D eigenvalue weighted by Crippen LogP contribution is -2.05. The molecule has 0 aliphatic rings. The number of rotatable bonds is 4. The lowest BCUT2D eigenvalue weighted by Gasteiger charge is -2.10. The van der Waals surface area contributed by atoms with Gasteiger partial charge in [-0.25, -0.2) is 4.98 Å². The molecule has 0 amide bonds. The van der Waals surface area contributed by atoms with Gasteiger partial charge >= 0.3 is 0 Å². The Bertz CT molecular complexity index is 540. The fourth-order valence-corrected chi connectivity index (χ4v) is 1.68. The normalized spacial score (nSPS) is 10.1. The number of anilines is 2. The van der Waals surface area contributed by atoms with Crippen molar-refractivity contribution in [1.82, 2.24) is 4.98 Å². The molecular formula is C14H17N3O. The Labute approximate surface area is 107 Å². The molecule has 0 saturated carbocycles. The molecule has 2 rings (SSSR count). The summed E-state index contributed by atoms with van der Waals surface area (Å²) in [6.45, 7) is 2.63. The van der Waals surface area contributed by atoms with Crippen molar-refractivity contribution >= 4 is 11.5 Å². The van der Waals surface area contributed by atoms with E-state index in [0.717, 1.165) is 22.7 Å². The van der Waals surface area contributed by atoms with Crippen molar-refractivity contribution in [3.8, 4) is 5.75 Å². The Morgan fingerprint density at radius 2 is 2.17 bits per heavy atom. The molecule has 0 saturated heterocycles. The first-order valence-corrected chi connectivity index (χ1v) is 5.78. The maximum Gasteiger partial charge on any atom is 0.149 e. The van der Waals surface area contributed by atoms with E-state index in [1.807, 2.05) is 37.3 Å². The standard InChI is InChI=1S/C14H17N3O/c1-10-6-7-16-14(13(10)15)17-9-11-4-3-5-12(8-11)18-2/h3-8H,9,15H2,1-2H3,(H,16,17). The first-order valence-electron chi connectivity index (χ1n) is 5.78. The predicted molar refractivity (Wildman–Crippen MR) is 73.7 cm³/mol. The van der Waals surface area contributed by atoms with Gasteiger partial charge in [0.15, 0.2) is 0 Å². The van der Waals surface area contributed by atoms with Crippen LogP contribution in [0, 0.1) is 6.92 Å². The highest BCUT2D eigenvalue weighted by atomic mass is 16.5. The van der Waals surface area contributed by atoms with Crippen LogP contribution in [0.1, 0.15) is 11.1 Å². The van der Waals surface area contributed by atoms with Crippen LogP contribution >= 0.6 is 0 Å². The molecule has 0 atom stereocenters. The first-order chi connectivity index (χ1) is 8.70. The van der Waals surface area contributed by atoms with Crippen LogP contribution in [0.3, 0.4) is 0 Å². The number of nitrogens with two attached hydrogens (primary N) is 1. The van der Waals surface area contributed by atoms with E-state index in [9.17, 15) is 0 Å². The largest absolute Gasteiger partial charge is 0.497 e. The van der Waals surface area contributed by atoms with Crippen molar-refractivity contribution in [1.29, 1.82) is 0 Å². The minimum Gasteiger partial charge on any atom is -0.497 e. The average Bonchev–Trinajstić information content (AvgIpc) is 2.41. The lowest BCUT2D eigenvalue weighted by atomic mass is 10.2. The fourth-order valence-electron chi connectivity index (χ4n) is 1.68. The maximum absolute atomic E-state index is 5.95. The van der Waals surface area contributed by atoms with Crippen LogP contribution < -0.4 is 15.8 Å². The van der Waals surface area contributed by atoms with Crippen molar-refractivity contribution < 1.29 is 4.74 Å². The van der Waals surface area contributed by atoms with Crippen LogP contribution in [-0.2, 0) is 6.54 Å². The molecule has 4 nitrogen and oxygen atoms in total. The third-order valence-electron chi connectivity index (χ3n) is 2.80. The molecule has 0 aliphatic heterocycles. The maximum atomic E-state index is 5.95. The van der Waals surface area contributed by atoms with E-state index in [-0.39, 0.29) is 0 Å². The number of methoxy groups -OCH3 is 1. The van der Waals surface area contributed by atoms with Gasteiger partial charge in [0.25, 0.3) is 0 Å². The minimum atomic E-state index is 0.665. The summed E-state index contributed by atoms with van der Waals surface area (Å²) in [5.41, 5.74) is 8.80. The van der Waals surface area contributed by atoms with Crippen molar-refractivity contribution in [2.45, 2.75) is 13.5 Å². The number of aromatic nitrogens is 1. The summed E-state index contributed by atoms with van der Waals surface area (Å²) in [6, 6.07) is 9.79. The van der Waals surface area contributed by atoms with Crippen molar-refractivity contribution in [3.63, 3.8) is 0 Å². The van der Waals surface area contributed by atoms with E-state index in [0.29, 0.717) is 12.2 Å². The lowest BCUT2D eigenvalue weighted by molar-refractivity contribution is 0.414. The zero-order valence-corrected chi connectivity index (χ0v) is 10.6. The molecule has 0 radical (unpaired) electrons. The number of benzene rings is 1. The Balaban J connectivity index is 2.09. The monoisotopic (exact) mass is 243 g/mol. The quantitative estimate of drug-likeness (QED) is 0.866. The highest BCUT2D eigenvalue weighted by Crippen LogP contribution is 2.20. The van der Waals surface area contributed by atoms with E-state index < -0.39 is 0 Å². The number of ether oxygens (including phenoxy) is 1. The molecule has 2 aromatic rings. The van der Waals surface area contributed by atoms with Crippen LogP contribution in [0.15, 0.2) is 36.5 Å². The van der Waals surface area contributed by atoms with Gasteiger partial charge in [0.1, 0.15) is 11.6 Å². The number of hydrogen-bond acceptors (Lipinski definition) is 4. The zero-order chi connectivity index (χ0) is 13.0. The molecule has 0 unspecified atom stereocenters. The number of nitrogens with zero attached hydrogens (tertiary/aromatic N) is 1. The second kappa shape index (κ2) is 5.40. The van der Waals surface area contributed by atoms with Gasteiger partial charge < -0.3 is 15.8 Å². The summed E-state index contributed by atoms with van der Waals surface area (Å²) >= 11 is 0. The number of aryl methyl sites for hydroxylation is 1. The second-order valence-corrected chi connectivity index (χ2v) is 4.10. The predicted octanol–water partition coefficient (Wildman–Crippen LogP) is 2.59. The minimum absolute atomic E-state index is 0.665. The highest BCUT2D eigenvalue weighted by Gasteiger charge is 2.03. The summed E-state index contributed by atoms with van der Waals surface area (Å²) in [5.74, 6) is 1.57. The molecule has 1 aromatic heterocycles. The number of nitrogens with one attached hydrogen (secondary N) is 1. The molecule has 0 spiro atoms. The fraction of sp³-hybridized carbons (Fsp3) is 0.214. The van der Waals surface area contributed by atoms with E-state index in [1.54, 1.807) is 13.3 Å². The summed E-state index contributed by atoms with van der Waals surface area (Å²) in [5, 5.41) is 3.23. The van der Waals surface area contributed by atoms with Gasteiger partial charge in [-0.3, -0.25) is 0 Å². The Morgan fingerprint density at radius 1 is 1.33 bits per heavy atom. The van der Waals surface area contributed by atoms with Gasteiger partial charge in [0.05, 0.1) is 12.8 Å². The zero-order valence-electron chi connectivity index (χ0n) is 10.6. The smallest absolute Gasteiger partial charge is 0.149 e. The van der Waals surface area contributed by atoms with Crippen LogP contribution in [0.2, 0.25) is 0 Å². The Morgan fingerprint density at radius 3 is 2.94 bits per heavy atom. The number of hydrogen-bond donors (Lipinski definition) is 2. The summed E-state index contributed by atoms with van der Waals surface area (Å²) < 4.78 is 5.18. The van der Waals surface area contributed by atoms with E-state index in [2.05, 4.69) is 10.3 Å². The first kappa shape index (κ1) is 12.2. The molecule has 1 aromatic carbocycles. The summed E-state index contributed by atoms with van der Waals surface area (Å²) in [7, 11) is 1.66. The van der Waals surface area contributed by atoms with Crippen LogP contribution in [0.5, 0.6) is 5.75 Å². The average molecular weight is 243 g/mol. The van der Waals surface area contributed by atoms with Gasteiger partial charge in [-0.15, -0.1) is 0 Å². The summed E-state index contributed by atoms with van der Waals surface area (Å²) in [6.07, 6.45) is 1.75. The van der Waals surface area contributed by atoms with Crippen LogP contribution in [0.25, 0.3) is 0 Å². The van der Waals surface area contributed by atoms with E-state index in [1.165, 1.54) is 0 Å².